The molecule has 1 heterocycles. The number of halogens is 2. The normalized spacial score (nSPS) is 14.6. The summed E-state index contributed by atoms with van der Waals surface area (Å²) in [6, 6.07) is 14.2. The molecule has 35 heavy (non-hydrogen) atoms. The zero-order chi connectivity index (χ0) is 25.4. The van der Waals surface area contributed by atoms with Crippen LogP contribution in [0.25, 0.3) is 0 Å². The second-order valence-corrected chi connectivity index (χ2v) is 10.5. The van der Waals surface area contributed by atoms with Crippen molar-refractivity contribution in [2.45, 2.75) is 37.1 Å². The Labute approximate surface area is 202 Å². The van der Waals surface area contributed by atoms with Crippen LogP contribution in [-0.4, -0.2) is 32.6 Å². The first-order chi connectivity index (χ1) is 16.5. The molecular formula is C26H24F2N2O4S. The fraction of sp³-hybridized carbons (Fsp3) is 0.231. The molecule has 1 N–H and O–H groups in total. The number of nitrogens with zero attached hydrogens (tertiary/aromatic N) is 1. The lowest BCUT2D eigenvalue weighted by molar-refractivity contribution is 0.100. The summed E-state index contributed by atoms with van der Waals surface area (Å²) >= 11 is 0. The topological polar surface area (TPSA) is 84.8 Å². The third-order valence-electron chi connectivity index (χ3n) is 5.66. The van der Waals surface area contributed by atoms with Gasteiger partial charge < -0.3 is 4.74 Å². The molecule has 0 aliphatic carbocycles. The number of ketones is 1. The number of anilines is 1. The quantitative estimate of drug-likeness (QED) is 0.456. The SMILES string of the molecule is COc1ccc2c(c1)C(CC(=O)c1ccc(NS(=O)(=O)c3c(F)cccc3F)cc1)=NC(C)(C)C2. The number of rotatable bonds is 7. The number of aliphatic imine (C=N–C) groups is 1. The van der Waals surface area contributed by atoms with Crippen LogP contribution in [0.15, 0.2) is 70.6 Å². The first-order valence-corrected chi connectivity index (χ1v) is 12.3. The monoisotopic (exact) mass is 498 g/mol. The highest BCUT2D eigenvalue weighted by atomic mass is 32.2. The maximum Gasteiger partial charge on any atom is 0.267 e. The minimum atomic E-state index is -4.50. The molecule has 6 nitrogen and oxygen atoms in total. The standard InChI is InChI=1S/C26H24F2N2O4S/c1-26(2)15-17-9-12-19(34-3)13-20(17)23(29-26)14-24(31)16-7-10-18(11-8-16)30-35(32,33)25-21(27)5-4-6-22(25)28/h4-13,30H,14-15H2,1-3H3. The number of Topliss-reactive ketones (excluding diaryl/α,β-unsaturated/α-hetero) is 1. The van der Waals surface area contributed by atoms with Crippen molar-refractivity contribution >= 4 is 27.2 Å². The fourth-order valence-electron chi connectivity index (χ4n) is 4.09. The zero-order valence-electron chi connectivity index (χ0n) is 19.4. The maximum absolute atomic E-state index is 13.9. The Bertz CT molecular complexity index is 1410. The van der Waals surface area contributed by atoms with Crippen LogP contribution >= 0.6 is 0 Å². The number of ether oxygens (including phenoxy) is 1. The summed E-state index contributed by atoms with van der Waals surface area (Å²) in [5.41, 5.74) is 2.66. The number of methoxy groups -OCH3 is 1. The molecule has 0 atom stereocenters. The van der Waals surface area contributed by atoms with Gasteiger partial charge >= 0.3 is 0 Å². The molecule has 0 saturated heterocycles. The molecule has 0 saturated carbocycles. The lowest BCUT2D eigenvalue weighted by Gasteiger charge is -2.29. The highest BCUT2D eigenvalue weighted by Crippen LogP contribution is 2.31. The Morgan fingerprint density at radius 3 is 2.34 bits per heavy atom. The number of fused-ring (bicyclic) bond motifs is 1. The van der Waals surface area contributed by atoms with E-state index in [0.717, 1.165) is 35.7 Å². The summed E-state index contributed by atoms with van der Waals surface area (Å²) in [6.07, 6.45) is 0.788. The third-order valence-corrected chi connectivity index (χ3v) is 7.10. The van der Waals surface area contributed by atoms with Crippen molar-refractivity contribution in [2.24, 2.45) is 4.99 Å². The summed E-state index contributed by atoms with van der Waals surface area (Å²) in [7, 11) is -2.92. The minimum Gasteiger partial charge on any atom is -0.497 e. The number of benzene rings is 3. The molecule has 0 bridgehead atoms. The van der Waals surface area contributed by atoms with Crippen molar-refractivity contribution in [1.82, 2.24) is 0 Å². The van der Waals surface area contributed by atoms with Gasteiger partial charge in [-0.15, -0.1) is 0 Å². The number of sulfonamides is 1. The average Bonchev–Trinajstić information content (AvgIpc) is 2.78. The maximum atomic E-state index is 13.9. The van der Waals surface area contributed by atoms with Crippen molar-refractivity contribution in [3.8, 4) is 5.75 Å². The summed E-state index contributed by atoms with van der Waals surface area (Å²) in [5.74, 6) is -1.92. The number of hydrogen-bond acceptors (Lipinski definition) is 5. The van der Waals surface area contributed by atoms with Gasteiger partial charge in [0.25, 0.3) is 10.0 Å². The molecule has 182 valence electrons. The van der Waals surface area contributed by atoms with Gasteiger partial charge in [-0.2, -0.15) is 0 Å². The molecule has 0 unspecified atom stereocenters. The fourth-order valence-corrected chi connectivity index (χ4v) is 5.29. The van der Waals surface area contributed by atoms with Gasteiger partial charge in [0, 0.05) is 16.8 Å². The van der Waals surface area contributed by atoms with E-state index < -0.39 is 26.6 Å². The molecule has 4 rings (SSSR count). The second-order valence-electron chi connectivity index (χ2n) is 8.90. The van der Waals surface area contributed by atoms with Crippen molar-refractivity contribution in [3.05, 3.63) is 89.0 Å². The Kier molecular flexibility index (Phi) is 6.46. The minimum absolute atomic E-state index is 0.0507. The van der Waals surface area contributed by atoms with Crippen molar-refractivity contribution < 1.29 is 26.7 Å². The average molecular weight is 499 g/mol. The van der Waals surface area contributed by atoms with E-state index in [1.54, 1.807) is 7.11 Å². The molecule has 0 spiro atoms. The Balaban J connectivity index is 1.55. The molecule has 0 amide bonds. The van der Waals surface area contributed by atoms with Crippen LogP contribution in [0, 0.1) is 11.6 Å². The van der Waals surface area contributed by atoms with E-state index in [9.17, 15) is 22.0 Å². The smallest absolute Gasteiger partial charge is 0.267 e. The predicted octanol–water partition coefficient (Wildman–Crippen LogP) is 5.17. The van der Waals surface area contributed by atoms with E-state index in [0.29, 0.717) is 17.0 Å². The zero-order valence-corrected chi connectivity index (χ0v) is 20.2. The summed E-state index contributed by atoms with van der Waals surface area (Å²) in [6.45, 7) is 4.01. The van der Waals surface area contributed by atoms with E-state index >= 15 is 0 Å². The van der Waals surface area contributed by atoms with E-state index in [4.69, 9.17) is 9.73 Å². The van der Waals surface area contributed by atoms with Gasteiger partial charge in [0.15, 0.2) is 10.7 Å². The van der Waals surface area contributed by atoms with Gasteiger partial charge in [-0.25, -0.2) is 17.2 Å². The molecule has 9 heteroatoms. The van der Waals surface area contributed by atoms with Crippen molar-refractivity contribution in [3.63, 3.8) is 0 Å². The number of carbonyl (C=O) groups excluding carboxylic acids is 1. The van der Waals surface area contributed by atoms with Gasteiger partial charge in [-0.1, -0.05) is 12.1 Å². The summed E-state index contributed by atoms with van der Waals surface area (Å²) < 4.78 is 60.3. The first kappa shape index (κ1) is 24.5. The Morgan fingerprint density at radius 2 is 1.71 bits per heavy atom. The highest BCUT2D eigenvalue weighted by Gasteiger charge is 2.28. The first-order valence-electron chi connectivity index (χ1n) is 10.9. The van der Waals surface area contributed by atoms with E-state index in [1.807, 2.05) is 32.0 Å². The molecular weight excluding hydrogens is 474 g/mol. The third kappa shape index (κ3) is 5.24. The van der Waals surface area contributed by atoms with E-state index in [-0.39, 0.29) is 23.4 Å². The summed E-state index contributed by atoms with van der Waals surface area (Å²) in [5, 5.41) is 0. The Morgan fingerprint density at radius 1 is 1.06 bits per heavy atom. The van der Waals surface area contributed by atoms with Gasteiger partial charge in [0.05, 0.1) is 24.8 Å². The molecule has 1 aliphatic rings. The lowest BCUT2D eigenvalue weighted by Crippen LogP contribution is -2.30. The van der Waals surface area contributed by atoms with Gasteiger partial charge in [-0.3, -0.25) is 14.5 Å². The van der Waals surface area contributed by atoms with Crippen LogP contribution in [0.4, 0.5) is 14.5 Å². The number of hydrogen-bond donors (Lipinski definition) is 1. The highest BCUT2D eigenvalue weighted by molar-refractivity contribution is 7.92. The predicted molar refractivity (Wildman–Crippen MR) is 130 cm³/mol. The van der Waals surface area contributed by atoms with Crippen LogP contribution in [0.1, 0.15) is 41.8 Å². The van der Waals surface area contributed by atoms with Crippen molar-refractivity contribution in [1.29, 1.82) is 0 Å². The molecule has 3 aromatic rings. The van der Waals surface area contributed by atoms with Crippen LogP contribution < -0.4 is 9.46 Å². The van der Waals surface area contributed by atoms with Gasteiger partial charge in [-0.05, 0) is 74.4 Å². The number of carbonyl (C=O) groups is 1. The molecule has 0 fully saturated rings. The molecule has 0 aromatic heterocycles. The largest absolute Gasteiger partial charge is 0.497 e. The summed E-state index contributed by atoms with van der Waals surface area (Å²) in [4.78, 5) is 16.8. The van der Waals surface area contributed by atoms with Gasteiger partial charge in [0.1, 0.15) is 17.4 Å². The van der Waals surface area contributed by atoms with Crippen LogP contribution in [0.2, 0.25) is 0 Å². The van der Waals surface area contributed by atoms with Crippen LogP contribution in [0.3, 0.4) is 0 Å². The van der Waals surface area contributed by atoms with Crippen molar-refractivity contribution in [2.75, 3.05) is 11.8 Å². The van der Waals surface area contributed by atoms with Gasteiger partial charge in [0.2, 0.25) is 0 Å². The molecule has 3 aromatic carbocycles. The lowest BCUT2D eigenvalue weighted by atomic mass is 9.85. The Hall–Kier alpha value is -3.59. The van der Waals surface area contributed by atoms with E-state index in [1.165, 1.54) is 24.3 Å². The second kappa shape index (κ2) is 9.22. The van der Waals surface area contributed by atoms with Crippen LogP contribution in [0.5, 0.6) is 5.75 Å². The molecule has 1 aliphatic heterocycles. The number of nitrogens with one attached hydrogen (secondary N) is 1. The molecule has 0 radical (unpaired) electrons. The van der Waals surface area contributed by atoms with E-state index in [2.05, 4.69) is 4.72 Å². The van der Waals surface area contributed by atoms with Crippen LogP contribution in [-0.2, 0) is 16.4 Å².